The lowest BCUT2D eigenvalue weighted by molar-refractivity contribution is -0.136. The first kappa shape index (κ1) is 19.2. The van der Waals surface area contributed by atoms with Crippen LogP contribution >= 0.6 is 0 Å². The molecule has 1 saturated heterocycles. The van der Waals surface area contributed by atoms with E-state index in [0.717, 1.165) is 36.9 Å². The van der Waals surface area contributed by atoms with Gasteiger partial charge in [0, 0.05) is 11.8 Å². The van der Waals surface area contributed by atoms with E-state index in [9.17, 15) is 14.4 Å². The molecule has 0 bridgehead atoms. The van der Waals surface area contributed by atoms with Crippen molar-refractivity contribution in [3.8, 4) is 0 Å². The third kappa shape index (κ3) is 5.41. The summed E-state index contributed by atoms with van der Waals surface area (Å²) in [7, 11) is 0. The molecule has 1 heterocycles. The third-order valence-corrected chi connectivity index (χ3v) is 4.75. The summed E-state index contributed by atoms with van der Waals surface area (Å²) in [5.74, 6) is -1.04. The normalized spacial score (nSPS) is 16.4. The highest BCUT2D eigenvalue weighted by Gasteiger charge is 2.36. The van der Waals surface area contributed by atoms with Crippen molar-refractivity contribution in [3.05, 3.63) is 35.9 Å². The maximum absolute atomic E-state index is 12.8. The second-order valence-corrected chi connectivity index (χ2v) is 6.53. The topological polar surface area (TPSA) is 63.7 Å². The van der Waals surface area contributed by atoms with Crippen LogP contribution in [0.3, 0.4) is 0 Å². The van der Waals surface area contributed by atoms with E-state index in [1.807, 2.05) is 18.2 Å². The summed E-state index contributed by atoms with van der Waals surface area (Å²) in [4.78, 5) is 37.3. The first-order chi connectivity index (χ1) is 12.2. The first-order valence-corrected chi connectivity index (χ1v) is 9.14. The Morgan fingerprint density at radius 1 is 1.24 bits per heavy atom. The van der Waals surface area contributed by atoms with Crippen molar-refractivity contribution in [2.75, 3.05) is 13.2 Å². The summed E-state index contributed by atoms with van der Waals surface area (Å²) in [6.45, 7) is 2.58. The Kier molecular flexibility index (Phi) is 7.64. The number of hydrogen-bond acceptors (Lipinski definition) is 4. The molecule has 5 nitrogen and oxygen atoms in total. The van der Waals surface area contributed by atoms with E-state index in [2.05, 4.69) is 19.1 Å². The average molecular weight is 345 g/mol. The highest BCUT2D eigenvalue weighted by molar-refractivity contribution is 5.95. The van der Waals surface area contributed by atoms with E-state index in [1.54, 1.807) is 0 Å². The van der Waals surface area contributed by atoms with Crippen LogP contribution in [0.2, 0.25) is 0 Å². The van der Waals surface area contributed by atoms with E-state index in [4.69, 9.17) is 4.74 Å². The molecule has 0 spiro atoms. The van der Waals surface area contributed by atoms with Crippen molar-refractivity contribution in [3.63, 3.8) is 0 Å². The minimum Gasteiger partial charge on any atom is -0.447 e. The van der Waals surface area contributed by atoms with E-state index >= 15 is 0 Å². The Balaban J connectivity index is 2.03. The number of carbonyl (C=O) groups excluding carboxylic acids is 3. The fourth-order valence-corrected chi connectivity index (χ4v) is 3.29. The molecule has 0 aromatic heterocycles. The van der Waals surface area contributed by atoms with Crippen LogP contribution < -0.4 is 0 Å². The van der Waals surface area contributed by atoms with Crippen LogP contribution in [0.25, 0.3) is 0 Å². The number of unbranched alkanes of at least 4 members (excludes halogenated alkanes) is 1. The molecule has 1 aliphatic heterocycles. The Hall–Kier alpha value is -2.17. The first-order valence-electron chi connectivity index (χ1n) is 9.14. The summed E-state index contributed by atoms with van der Waals surface area (Å²) in [6.07, 6.45) is 5.13. The summed E-state index contributed by atoms with van der Waals surface area (Å²) < 4.78 is 4.88. The number of rotatable bonds is 10. The maximum atomic E-state index is 12.8. The van der Waals surface area contributed by atoms with Gasteiger partial charge in [-0.2, -0.15) is 0 Å². The molecule has 5 heteroatoms. The largest absolute Gasteiger partial charge is 0.447 e. The number of benzene rings is 1. The van der Waals surface area contributed by atoms with Crippen molar-refractivity contribution in [2.45, 2.75) is 45.4 Å². The standard InChI is InChI=1S/C20H27NO4/c1-2-3-11-17(15-22)18(19(23)21-13-14-25-20(21)24)12-7-10-16-8-5-4-6-9-16/h4-6,8-9,15,17-18H,2-3,7,10-14H2,1H3/t17-,18-/m0/s1. The van der Waals surface area contributed by atoms with Gasteiger partial charge in [0.1, 0.15) is 12.9 Å². The number of imide groups is 1. The fourth-order valence-electron chi connectivity index (χ4n) is 3.29. The van der Waals surface area contributed by atoms with Gasteiger partial charge in [-0.1, -0.05) is 50.1 Å². The lowest BCUT2D eigenvalue weighted by Crippen LogP contribution is -2.40. The molecule has 25 heavy (non-hydrogen) atoms. The van der Waals surface area contributed by atoms with Crippen molar-refractivity contribution >= 4 is 18.3 Å². The number of nitrogens with zero attached hydrogens (tertiary/aromatic N) is 1. The number of aryl methyl sites for hydroxylation is 1. The second-order valence-electron chi connectivity index (χ2n) is 6.53. The fraction of sp³-hybridized carbons (Fsp3) is 0.550. The summed E-state index contributed by atoms with van der Waals surface area (Å²) in [5.41, 5.74) is 1.21. The van der Waals surface area contributed by atoms with Crippen molar-refractivity contribution in [2.24, 2.45) is 11.8 Å². The molecular weight excluding hydrogens is 318 g/mol. The SMILES string of the molecule is CCCC[C@@H](C=O)[C@H](CCCc1ccccc1)C(=O)N1CCOC1=O. The van der Waals surface area contributed by atoms with E-state index in [1.165, 1.54) is 5.56 Å². The zero-order chi connectivity index (χ0) is 18.1. The van der Waals surface area contributed by atoms with Crippen LogP contribution in [0.1, 0.15) is 44.6 Å². The van der Waals surface area contributed by atoms with E-state index in [0.29, 0.717) is 12.8 Å². The molecule has 0 unspecified atom stereocenters. The smallest absolute Gasteiger partial charge is 0.416 e. The van der Waals surface area contributed by atoms with Gasteiger partial charge in [0.05, 0.1) is 6.54 Å². The molecule has 2 atom stereocenters. The average Bonchev–Trinajstić information content (AvgIpc) is 3.07. The van der Waals surface area contributed by atoms with Gasteiger partial charge in [-0.25, -0.2) is 9.69 Å². The monoisotopic (exact) mass is 345 g/mol. The molecule has 1 aliphatic rings. The van der Waals surface area contributed by atoms with Gasteiger partial charge < -0.3 is 9.53 Å². The minimum absolute atomic E-state index is 0.238. The Morgan fingerprint density at radius 3 is 2.60 bits per heavy atom. The molecule has 2 amide bonds. The van der Waals surface area contributed by atoms with Crippen LogP contribution in [0.5, 0.6) is 0 Å². The van der Waals surface area contributed by atoms with Crippen molar-refractivity contribution < 1.29 is 19.1 Å². The quantitative estimate of drug-likeness (QED) is 0.608. The summed E-state index contributed by atoms with van der Waals surface area (Å²) >= 11 is 0. The van der Waals surface area contributed by atoms with Crippen LogP contribution in [0.15, 0.2) is 30.3 Å². The predicted molar refractivity (Wildman–Crippen MR) is 95.0 cm³/mol. The Labute approximate surface area is 149 Å². The van der Waals surface area contributed by atoms with Crippen molar-refractivity contribution in [1.29, 1.82) is 0 Å². The number of cyclic esters (lactones) is 1. The van der Waals surface area contributed by atoms with Crippen LogP contribution in [-0.2, 0) is 20.7 Å². The summed E-state index contributed by atoms with van der Waals surface area (Å²) in [5, 5.41) is 0. The zero-order valence-electron chi connectivity index (χ0n) is 14.9. The number of hydrogen-bond donors (Lipinski definition) is 0. The van der Waals surface area contributed by atoms with Gasteiger partial charge in [0.25, 0.3) is 0 Å². The molecule has 0 saturated carbocycles. The molecule has 2 rings (SSSR count). The minimum atomic E-state index is -0.585. The van der Waals surface area contributed by atoms with E-state index < -0.39 is 12.0 Å². The highest BCUT2D eigenvalue weighted by Crippen LogP contribution is 2.26. The van der Waals surface area contributed by atoms with Gasteiger partial charge in [-0.3, -0.25) is 4.79 Å². The maximum Gasteiger partial charge on any atom is 0.416 e. The predicted octanol–water partition coefficient (Wildman–Crippen LogP) is 3.61. The third-order valence-electron chi connectivity index (χ3n) is 4.75. The highest BCUT2D eigenvalue weighted by atomic mass is 16.6. The number of aldehydes is 1. The molecule has 1 aromatic rings. The molecule has 1 fully saturated rings. The molecule has 1 aromatic carbocycles. The van der Waals surface area contributed by atoms with Gasteiger partial charge in [-0.05, 0) is 31.2 Å². The number of carbonyl (C=O) groups is 3. The van der Waals surface area contributed by atoms with Crippen molar-refractivity contribution in [1.82, 2.24) is 4.90 Å². The molecule has 0 radical (unpaired) electrons. The van der Waals surface area contributed by atoms with Crippen LogP contribution in [-0.4, -0.2) is 36.3 Å². The molecular formula is C20H27NO4. The molecule has 0 aliphatic carbocycles. The van der Waals surface area contributed by atoms with E-state index in [-0.39, 0.29) is 25.0 Å². The molecule has 0 N–H and O–H groups in total. The van der Waals surface area contributed by atoms with Gasteiger partial charge in [0.15, 0.2) is 0 Å². The lowest BCUT2D eigenvalue weighted by atomic mass is 9.84. The summed E-state index contributed by atoms with van der Waals surface area (Å²) in [6, 6.07) is 10.1. The van der Waals surface area contributed by atoms with Crippen LogP contribution in [0.4, 0.5) is 4.79 Å². The zero-order valence-corrected chi connectivity index (χ0v) is 14.9. The van der Waals surface area contributed by atoms with Crippen LogP contribution in [0, 0.1) is 11.8 Å². The second kappa shape index (κ2) is 9.97. The van der Waals surface area contributed by atoms with Gasteiger partial charge >= 0.3 is 6.09 Å². The Bertz CT molecular complexity index is 572. The van der Waals surface area contributed by atoms with Gasteiger partial charge in [-0.15, -0.1) is 0 Å². The Morgan fingerprint density at radius 2 is 2.00 bits per heavy atom. The molecule has 136 valence electrons. The number of amides is 2. The van der Waals surface area contributed by atoms with Gasteiger partial charge in [0.2, 0.25) is 5.91 Å². The lowest BCUT2D eigenvalue weighted by Gasteiger charge is -2.25. The number of ether oxygens (including phenoxy) is 1.